The summed E-state index contributed by atoms with van der Waals surface area (Å²) in [6.07, 6.45) is 5.73. The molecule has 0 spiro atoms. The van der Waals surface area contributed by atoms with Gasteiger partial charge in [0.15, 0.2) is 0 Å². The quantitative estimate of drug-likeness (QED) is 0.729. The van der Waals surface area contributed by atoms with Gasteiger partial charge in [0.05, 0.1) is 10.0 Å². The number of hydrogen-bond donors (Lipinski definition) is 0. The van der Waals surface area contributed by atoms with E-state index in [2.05, 4.69) is 16.1 Å². The van der Waals surface area contributed by atoms with Crippen LogP contribution in [-0.4, -0.2) is 29.6 Å². The maximum absolute atomic E-state index is 6.21. The summed E-state index contributed by atoms with van der Waals surface area (Å²) < 4.78 is 0. The second-order valence-corrected chi connectivity index (χ2v) is 6.65. The SMILES string of the molecule is CSC1CCCN(c2nc(Cl)c(Cl)cc2Cl)CC1. The third kappa shape index (κ3) is 3.38. The van der Waals surface area contributed by atoms with E-state index in [0.717, 1.165) is 37.0 Å². The van der Waals surface area contributed by atoms with Gasteiger partial charge < -0.3 is 4.90 Å². The van der Waals surface area contributed by atoms with Gasteiger partial charge in [0.1, 0.15) is 11.0 Å². The van der Waals surface area contributed by atoms with Crippen LogP contribution in [0.25, 0.3) is 0 Å². The number of nitrogens with zero attached hydrogens (tertiary/aromatic N) is 2. The second kappa shape index (κ2) is 6.56. The number of anilines is 1. The fourth-order valence-corrected chi connectivity index (χ4v) is 3.53. The fourth-order valence-electron chi connectivity index (χ4n) is 2.17. The van der Waals surface area contributed by atoms with Crippen LogP contribution in [0.1, 0.15) is 19.3 Å². The highest BCUT2D eigenvalue weighted by Gasteiger charge is 2.20. The Balaban J connectivity index is 2.18. The fraction of sp³-hybridized carbons (Fsp3) is 0.583. The third-order valence-electron chi connectivity index (χ3n) is 3.18. The molecule has 1 fully saturated rings. The summed E-state index contributed by atoms with van der Waals surface area (Å²) >= 11 is 20.0. The summed E-state index contributed by atoms with van der Waals surface area (Å²) in [6.45, 7) is 1.94. The van der Waals surface area contributed by atoms with E-state index in [0.29, 0.717) is 15.2 Å². The number of thioether (sulfide) groups is 1. The molecule has 1 aromatic heterocycles. The highest BCUT2D eigenvalue weighted by molar-refractivity contribution is 7.99. The zero-order valence-corrected chi connectivity index (χ0v) is 13.2. The van der Waals surface area contributed by atoms with Gasteiger partial charge in [-0.1, -0.05) is 34.8 Å². The van der Waals surface area contributed by atoms with Gasteiger partial charge in [0.25, 0.3) is 0 Å². The van der Waals surface area contributed by atoms with E-state index < -0.39 is 0 Å². The van der Waals surface area contributed by atoms with Crippen molar-refractivity contribution in [2.45, 2.75) is 24.5 Å². The summed E-state index contributed by atoms with van der Waals surface area (Å²) in [5.41, 5.74) is 0. The first-order chi connectivity index (χ1) is 8.61. The number of aromatic nitrogens is 1. The van der Waals surface area contributed by atoms with Gasteiger partial charge in [0.2, 0.25) is 0 Å². The molecule has 0 aliphatic carbocycles. The Kier molecular flexibility index (Phi) is 5.31. The molecule has 2 rings (SSSR count). The minimum absolute atomic E-state index is 0.321. The van der Waals surface area contributed by atoms with Crippen molar-refractivity contribution in [2.75, 3.05) is 24.2 Å². The molecular formula is C12H15Cl3N2S. The molecule has 0 aromatic carbocycles. The first kappa shape index (κ1) is 14.6. The Morgan fingerprint density at radius 3 is 2.72 bits per heavy atom. The lowest BCUT2D eigenvalue weighted by Gasteiger charge is -2.23. The van der Waals surface area contributed by atoms with Gasteiger partial charge >= 0.3 is 0 Å². The normalized spacial score (nSPS) is 20.9. The molecule has 6 heteroatoms. The minimum atomic E-state index is 0.321. The molecular weight excluding hydrogens is 311 g/mol. The lowest BCUT2D eigenvalue weighted by molar-refractivity contribution is 0.745. The Morgan fingerprint density at radius 2 is 2.00 bits per heavy atom. The molecule has 0 saturated carbocycles. The van der Waals surface area contributed by atoms with Crippen molar-refractivity contribution in [3.8, 4) is 0 Å². The number of rotatable bonds is 2. The summed E-state index contributed by atoms with van der Waals surface area (Å²) in [5.74, 6) is 0.757. The molecule has 1 unspecified atom stereocenters. The molecule has 0 radical (unpaired) electrons. The van der Waals surface area contributed by atoms with Crippen molar-refractivity contribution < 1.29 is 0 Å². The van der Waals surface area contributed by atoms with Gasteiger partial charge in [-0.2, -0.15) is 11.8 Å². The summed E-state index contributed by atoms with van der Waals surface area (Å²) in [6, 6.07) is 1.67. The van der Waals surface area contributed by atoms with Crippen LogP contribution >= 0.6 is 46.6 Å². The van der Waals surface area contributed by atoms with Crippen LogP contribution in [0.15, 0.2) is 6.07 Å². The van der Waals surface area contributed by atoms with Crippen LogP contribution in [-0.2, 0) is 0 Å². The van der Waals surface area contributed by atoms with E-state index in [-0.39, 0.29) is 0 Å². The maximum Gasteiger partial charge on any atom is 0.150 e. The van der Waals surface area contributed by atoms with Crippen LogP contribution < -0.4 is 4.90 Å². The van der Waals surface area contributed by atoms with Crippen molar-refractivity contribution in [1.82, 2.24) is 4.98 Å². The lowest BCUT2D eigenvalue weighted by atomic mass is 10.2. The van der Waals surface area contributed by atoms with Gasteiger partial charge in [-0.25, -0.2) is 4.98 Å². The monoisotopic (exact) mass is 324 g/mol. The van der Waals surface area contributed by atoms with E-state index >= 15 is 0 Å². The minimum Gasteiger partial charge on any atom is -0.355 e. The molecule has 100 valence electrons. The summed E-state index contributed by atoms with van der Waals surface area (Å²) in [4.78, 5) is 6.52. The molecule has 1 saturated heterocycles. The van der Waals surface area contributed by atoms with Gasteiger partial charge in [-0.15, -0.1) is 0 Å². The zero-order valence-electron chi connectivity index (χ0n) is 10.1. The van der Waals surface area contributed by atoms with Gasteiger partial charge in [-0.05, 0) is 31.6 Å². The predicted molar refractivity (Wildman–Crippen MR) is 82.6 cm³/mol. The third-order valence-corrected chi connectivity index (χ3v) is 5.27. The molecule has 2 heterocycles. The largest absolute Gasteiger partial charge is 0.355 e. The lowest BCUT2D eigenvalue weighted by Crippen LogP contribution is -2.25. The van der Waals surface area contributed by atoms with Crippen LogP contribution in [0.4, 0.5) is 5.82 Å². The molecule has 1 atom stereocenters. The van der Waals surface area contributed by atoms with Crippen molar-refractivity contribution in [2.24, 2.45) is 0 Å². The molecule has 1 aliphatic heterocycles. The van der Waals surface area contributed by atoms with Crippen molar-refractivity contribution in [3.63, 3.8) is 0 Å². The second-order valence-electron chi connectivity index (χ2n) is 4.34. The van der Waals surface area contributed by atoms with E-state index in [1.165, 1.54) is 6.42 Å². The zero-order chi connectivity index (χ0) is 13.1. The standard InChI is InChI=1S/C12H15Cl3N2S/c1-18-8-3-2-5-17(6-4-8)12-10(14)7-9(13)11(15)16-12/h7-8H,2-6H2,1H3. The Labute approximate surface area is 127 Å². The highest BCUT2D eigenvalue weighted by Crippen LogP contribution is 2.33. The Morgan fingerprint density at radius 1 is 1.22 bits per heavy atom. The van der Waals surface area contributed by atoms with Crippen molar-refractivity contribution in [3.05, 3.63) is 21.3 Å². The Bertz CT molecular complexity index is 428. The van der Waals surface area contributed by atoms with Crippen molar-refractivity contribution in [1.29, 1.82) is 0 Å². The van der Waals surface area contributed by atoms with Gasteiger partial charge in [0, 0.05) is 18.3 Å². The average molecular weight is 326 g/mol. The number of pyridine rings is 1. The van der Waals surface area contributed by atoms with Crippen LogP contribution in [0.5, 0.6) is 0 Å². The van der Waals surface area contributed by atoms with E-state index in [1.807, 2.05) is 11.8 Å². The molecule has 18 heavy (non-hydrogen) atoms. The van der Waals surface area contributed by atoms with Crippen LogP contribution in [0.2, 0.25) is 15.2 Å². The molecule has 2 nitrogen and oxygen atoms in total. The Hall–Kier alpha value is 0.170. The molecule has 0 N–H and O–H groups in total. The maximum atomic E-state index is 6.21. The summed E-state index contributed by atoms with van der Waals surface area (Å²) in [7, 11) is 0. The predicted octanol–water partition coefficient (Wildman–Crippen LogP) is 4.76. The van der Waals surface area contributed by atoms with Crippen molar-refractivity contribution >= 4 is 52.4 Å². The molecule has 1 aliphatic rings. The summed E-state index contributed by atoms with van der Waals surface area (Å²) in [5, 5.41) is 2.03. The van der Waals surface area contributed by atoms with E-state index in [4.69, 9.17) is 34.8 Å². The average Bonchev–Trinajstić information content (AvgIpc) is 2.59. The molecule has 0 amide bonds. The van der Waals surface area contributed by atoms with E-state index in [9.17, 15) is 0 Å². The van der Waals surface area contributed by atoms with Gasteiger partial charge in [-0.3, -0.25) is 0 Å². The van der Waals surface area contributed by atoms with Crippen LogP contribution in [0, 0.1) is 0 Å². The van der Waals surface area contributed by atoms with E-state index in [1.54, 1.807) is 6.07 Å². The molecule has 1 aromatic rings. The highest BCUT2D eigenvalue weighted by atomic mass is 35.5. The first-order valence-electron chi connectivity index (χ1n) is 5.91. The molecule has 0 bridgehead atoms. The number of halogens is 3. The first-order valence-corrected chi connectivity index (χ1v) is 8.33. The topological polar surface area (TPSA) is 16.1 Å². The van der Waals surface area contributed by atoms with Crippen LogP contribution in [0.3, 0.4) is 0 Å². The number of hydrogen-bond acceptors (Lipinski definition) is 3. The smallest absolute Gasteiger partial charge is 0.150 e.